The molecule has 0 aliphatic rings. The van der Waals surface area contributed by atoms with Gasteiger partial charge in [0, 0.05) is 23.4 Å². The molecule has 1 atom stereocenters. The van der Waals surface area contributed by atoms with Crippen molar-refractivity contribution in [2.45, 2.75) is 11.3 Å². The smallest absolute Gasteiger partial charge is 0.276 e. The number of nitrogens with zero attached hydrogens (tertiary/aromatic N) is 3. The molecule has 0 unspecified atom stereocenters. The van der Waals surface area contributed by atoms with E-state index in [2.05, 4.69) is 10.2 Å². The summed E-state index contributed by atoms with van der Waals surface area (Å²) in [6.07, 6.45) is -0.841. The van der Waals surface area contributed by atoms with E-state index in [1.54, 1.807) is 0 Å². The molecule has 0 fully saturated rings. The fourth-order valence-electron chi connectivity index (χ4n) is 2.04. The molecule has 0 aliphatic heterocycles. The molecule has 9 heteroatoms. The van der Waals surface area contributed by atoms with E-state index in [9.17, 15) is 19.6 Å². The van der Waals surface area contributed by atoms with Gasteiger partial charge in [-0.05, 0) is 42.0 Å². The molecule has 1 aromatic heterocycles. The molecule has 0 radical (unpaired) electrons. The summed E-state index contributed by atoms with van der Waals surface area (Å²) >= 11 is 1.15. The monoisotopic (exact) mass is 361 g/mol. The van der Waals surface area contributed by atoms with E-state index in [-0.39, 0.29) is 28.4 Å². The van der Waals surface area contributed by atoms with Crippen molar-refractivity contribution in [2.24, 2.45) is 0 Å². The summed E-state index contributed by atoms with van der Waals surface area (Å²) in [5, 5.41) is 28.8. The third kappa shape index (κ3) is 4.20. The highest BCUT2D eigenvalue weighted by molar-refractivity contribution is 7.99. The zero-order chi connectivity index (χ0) is 17.8. The molecular formula is C16H12FN3O4S. The topological polar surface area (TPSA) is 102 Å². The molecule has 7 nitrogen and oxygen atoms in total. The second kappa shape index (κ2) is 7.41. The van der Waals surface area contributed by atoms with Crippen LogP contribution in [0.5, 0.6) is 0 Å². The first-order chi connectivity index (χ1) is 12.0. The highest BCUT2D eigenvalue weighted by Gasteiger charge is 2.14. The Morgan fingerprint density at radius 1 is 1.16 bits per heavy atom. The quantitative estimate of drug-likeness (QED) is 0.406. The van der Waals surface area contributed by atoms with E-state index < -0.39 is 11.0 Å². The van der Waals surface area contributed by atoms with Gasteiger partial charge in [-0.2, -0.15) is 0 Å². The third-order valence-electron chi connectivity index (χ3n) is 3.35. The fourth-order valence-corrected chi connectivity index (χ4v) is 2.77. The highest BCUT2D eigenvalue weighted by Crippen LogP contribution is 2.27. The van der Waals surface area contributed by atoms with Crippen LogP contribution in [0.1, 0.15) is 11.7 Å². The van der Waals surface area contributed by atoms with Crippen LogP contribution < -0.4 is 0 Å². The minimum Gasteiger partial charge on any atom is -0.411 e. The normalized spacial score (nSPS) is 12.1. The van der Waals surface area contributed by atoms with Crippen molar-refractivity contribution >= 4 is 17.4 Å². The summed E-state index contributed by atoms with van der Waals surface area (Å²) in [4.78, 5) is 10.1. The number of halogens is 1. The van der Waals surface area contributed by atoms with Crippen molar-refractivity contribution in [3.63, 3.8) is 0 Å². The van der Waals surface area contributed by atoms with E-state index in [1.165, 1.54) is 48.5 Å². The van der Waals surface area contributed by atoms with E-state index in [0.29, 0.717) is 11.1 Å². The first-order valence-electron chi connectivity index (χ1n) is 7.17. The number of rotatable bonds is 6. The second-order valence-corrected chi connectivity index (χ2v) is 6.03. The van der Waals surface area contributed by atoms with Crippen molar-refractivity contribution in [3.05, 3.63) is 70.0 Å². The van der Waals surface area contributed by atoms with Crippen LogP contribution in [0.25, 0.3) is 11.5 Å². The standard InChI is InChI=1S/C16H12FN3O4S/c17-12-5-1-11(2-6-12)15-18-19-16(24-15)25-9-14(21)10-3-7-13(8-4-10)20(22)23/h1-8,14,21H,9H2/t14-/m1/s1. The van der Waals surface area contributed by atoms with Crippen LogP contribution in [0, 0.1) is 15.9 Å². The number of nitro groups is 1. The highest BCUT2D eigenvalue weighted by atomic mass is 32.2. The average Bonchev–Trinajstić information content (AvgIpc) is 3.09. The molecule has 3 aromatic rings. The van der Waals surface area contributed by atoms with Gasteiger partial charge in [0.15, 0.2) is 0 Å². The number of aliphatic hydroxyl groups is 1. The molecule has 0 saturated heterocycles. The van der Waals surface area contributed by atoms with E-state index in [0.717, 1.165) is 11.8 Å². The van der Waals surface area contributed by atoms with Gasteiger partial charge in [0.1, 0.15) is 5.82 Å². The first kappa shape index (κ1) is 17.1. The Hall–Kier alpha value is -2.78. The van der Waals surface area contributed by atoms with Gasteiger partial charge in [0.2, 0.25) is 5.89 Å². The largest absolute Gasteiger partial charge is 0.411 e. The lowest BCUT2D eigenvalue weighted by molar-refractivity contribution is -0.384. The SMILES string of the molecule is O=[N+]([O-])c1ccc([C@H](O)CSc2nnc(-c3ccc(F)cc3)o2)cc1. The molecule has 0 spiro atoms. The van der Waals surface area contributed by atoms with Crippen molar-refractivity contribution in [3.8, 4) is 11.5 Å². The van der Waals surface area contributed by atoms with Gasteiger partial charge in [-0.25, -0.2) is 4.39 Å². The molecule has 128 valence electrons. The minimum absolute atomic E-state index is 0.0376. The number of aromatic nitrogens is 2. The molecule has 0 aliphatic carbocycles. The van der Waals surface area contributed by atoms with Crippen LogP contribution in [0.15, 0.2) is 58.2 Å². The van der Waals surface area contributed by atoms with E-state index in [4.69, 9.17) is 4.42 Å². The van der Waals surface area contributed by atoms with Crippen molar-refractivity contribution in [1.82, 2.24) is 10.2 Å². The summed E-state index contributed by atoms with van der Waals surface area (Å²) in [6.45, 7) is 0. The number of aliphatic hydroxyl groups excluding tert-OH is 1. The van der Waals surface area contributed by atoms with Crippen molar-refractivity contribution in [2.75, 3.05) is 5.75 Å². The van der Waals surface area contributed by atoms with Gasteiger partial charge >= 0.3 is 0 Å². The summed E-state index contributed by atoms with van der Waals surface area (Å²) in [5.41, 5.74) is 1.11. The first-order valence-corrected chi connectivity index (χ1v) is 8.16. The number of nitro benzene ring substituents is 1. The van der Waals surface area contributed by atoms with E-state index in [1.807, 2.05) is 0 Å². The molecule has 0 amide bonds. The summed E-state index contributed by atoms with van der Waals surface area (Å²) in [6, 6.07) is 11.3. The van der Waals surface area contributed by atoms with Crippen LogP contribution in [0.4, 0.5) is 10.1 Å². The second-order valence-electron chi connectivity index (χ2n) is 5.06. The van der Waals surface area contributed by atoms with Gasteiger partial charge in [-0.3, -0.25) is 10.1 Å². The summed E-state index contributed by atoms with van der Waals surface area (Å²) in [7, 11) is 0. The molecular weight excluding hydrogens is 349 g/mol. The molecule has 1 heterocycles. The number of hydrogen-bond donors (Lipinski definition) is 1. The number of benzene rings is 2. The lowest BCUT2D eigenvalue weighted by Gasteiger charge is -2.08. The Bertz CT molecular complexity index is 868. The molecule has 3 rings (SSSR count). The minimum atomic E-state index is -0.841. The van der Waals surface area contributed by atoms with Gasteiger partial charge in [-0.15, -0.1) is 10.2 Å². The summed E-state index contributed by atoms with van der Waals surface area (Å²) < 4.78 is 18.4. The maximum Gasteiger partial charge on any atom is 0.276 e. The lowest BCUT2D eigenvalue weighted by Crippen LogP contribution is -2.00. The summed E-state index contributed by atoms with van der Waals surface area (Å²) in [5.74, 6) is 0.138. The van der Waals surface area contributed by atoms with Crippen LogP contribution in [0.2, 0.25) is 0 Å². The molecule has 25 heavy (non-hydrogen) atoms. The predicted molar refractivity (Wildman–Crippen MR) is 88.5 cm³/mol. The van der Waals surface area contributed by atoms with Crippen LogP contribution in [-0.2, 0) is 0 Å². The number of non-ortho nitro benzene ring substituents is 1. The lowest BCUT2D eigenvalue weighted by atomic mass is 10.1. The zero-order valence-electron chi connectivity index (χ0n) is 12.7. The Morgan fingerprint density at radius 3 is 2.48 bits per heavy atom. The Morgan fingerprint density at radius 2 is 1.84 bits per heavy atom. The zero-order valence-corrected chi connectivity index (χ0v) is 13.5. The number of thioether (sulfide) groups is 1. The maximum absolute atomic E-state index is 12.9. The Labute approximate surface area is 145 Å². The maximum atomic E-state index is 12.9. The van der Waals surface area contributed by atoms with Crippen LogP contribution in [0.3, 0.4) is 0 Å². The fraction of sp³-hybridized carbons (Fsp3) is 0.125. The third-order valence-corrected chi connectivity index (χ3v) is 4.25. The molecule has 1 N–H and O–H groups in total. The Kier molecular flexibility index (Phi) is 5.05. The van der Waals surface area contributed by atoms with Crippen molar-refractivity contribution in [1.29, 1.82) is 0 Å². The number of hydrogen-bond acceptors (Lipinski definition) is 7. The van der Waals surface area contributed by atoms with Crippen LogP contribution >= 0.6 is 11.8 Å². The van der Waals surface area contributed by atoms with Gasteiger partial charge in [0.05, 0.1) is 11.0 Å². The van der Waals surface area contributed by atoms with E-state index >= 15 is 0 Å². The average molecular weight is 361 g/mol. The van der Waals surface area contributed by atoms with Crippen LogP contribution in [-0.4, -0.2) is 26.0 Å². The molecule has 0 saturated carbocycles. The van der Waals surface area contributed by atoms with Crippen molar-refractivity contribution < 1.29 is 18.8 Å². The molecule has 2 aromatic carbocycles. The predicted octanol–water partition coefficient (Wildman–Crippen LogP) is 3.61. The van der Waals surface area contributed by atoms with Gasteiger partial charge in [-0.1, -0.05) is 11.8 Å². The van der Waals surface area contributed by atoms with Gasteiger partial charge in [0.25, 0.3) is 10.9 Å². The van der Waals surface area contributed by atoms with Gasteiger partial charge < -0.3 is 9.52 Å². The molecule has 0 bridgehead atoms. The Balaban J connectivity index is 1.61.